The normalized spacial score (nSPS) is 20.6. The molecule has 0 spiro atoms. The highest BCUT2D eigenvalue weighted by atomic mass is 16.2. The van der Waals surface area contributed by atoms with Gasteiger partial charge >= 0.3 is 0 Å². The molecule has 0 unspecified atom stereocenters. The molecule has 1 atom stereocenters. The first kappa shape index (κ1) is 15.1. The minimum Gasteiger partial charge on any atom is -0.339 e. The van der Waals surface area contributed by atoms with Crippen molar-refractivity contribution >= 4 is 22.8 Å². The summed E-state index contributed by atoms with van der Waals surface area (Å²) in [4.78, 5) is 37.2. The van der Waals surface area contributed by atoms with Gasteiger partial charge in [0.15, 0.2) is 0 Å². The molecule has 2 fully saturated rings. The molecule has 1 aromatic carbocycles. The van der Waals surface area contributed by atoms with Crippen LogP contribution in [0.3, 0.4) is 0 Å². The summed E-state index contributed by atoms with van der Waals surface area (Å²) in [6, 6.07) is 8.06. The molecule has 2 amide bonds. The second-order valence-electron chi connectivity index (χ2n) is 6.72. The lowest BCUT2D eigenvalue weighted by atomic mass is 10.1. The van der Waals surface area contributed by atoms with Gasteiger partial charge in [-0.2, -0.15) is 0 Å². The Kier molecular flexibility index (Phi) is 3.67. The highest BCUT2D eigenvalue weighted by molar-refractivity contribution is 5.89. The van der Waals surface area contributed by atoms with Crippen LogP contribution in [0.4, 0.5) is 0 Å². The van der Waals surface area contributed by atoms with E-state index in [0.29, 0.717) is 25.6 Å². The Bertz CT molecular complexity index is 802. The van der Waals surface area contributed by atoms with E-state index in [4.69, 9.17) is 0 Å². The minimum atomic E-state index is -0.225. The molecule has 1 saturated heterocycles. The summed E-state index contributed by atoms with van der Waals surface area (Å²) >= 11 is 0. The molecule has 124 valence electrons. The topological polar surface area (TPSA) is 66.4 Å². The van der Waals surface area contributed by atoms with Gasteiger partial charge in [0.2, 0.25) is 11.8 Å². The Morgan fingerprint density at radius 1 is 1.29 bits per heavy atom. The SMILES string of the molecule is CN(Cc1cnc2ccccc2n1)C(=O)[C@H]1CC(=O)N(C2CC2)C1. The number of carbonyl (C=O) groups excluding carboxylic acids is 2. The van der Waals surface area contributed by atoms with E-state index < -0.39 is 0 Å². The molecular formula is C18H20N4O2. The average molecular weight is 324 g/mol. The van der Waals surface area contributed by atoms with Crippen LogP contribution >= 0.6 is 0 Å². The van der Waals surface area contributed by atoms with E-state index in [9.17, 15) is 9.59 Å². The lowest BCUT2D eigenvalue weighted by Gasteiger charge is -2.21. The van der Waals surface area contributed by atoms with Crippen molar-refractivity contribution in [2.45, 2.75) is 31.8 Å². The molecule has 1 aliphatic heterocycles. The van der Waals surface area contributed by atoms with Gasteiger partial charge in [-0.15, -0.1) is 0 Å². The number of fused-ring (bicyclic) bond motifs is 1. The van der Waals surface area contributed by atoms with Crippen LogP contribution in [0, 0.1) is 5.92 Å². The van der Waals surface area contributed by atoms with Gasteiger partial charge in [0.25, 0.3) is 0 Å². The molecule has 4 rings (SSSR count). The Balaban J connectivity index is 1.43. The van der Waals surface area contributed by atoms with E-state index in [1.54, 1.807) is 18.1 Å². The number of para-hydroxylation sites is 2. The van der Waals surface area contributed by atoms with E-state index in [2.05, 4.69) is 9.97 Å². The number of nitrogens with zero attached hydrogens (tertiary/aromatic N) is 4. The zero-order chi connectivity index (χ0) is 16.7. The van der Waals surface area contributed by atoms with Gasteiger partial charge in [0, 0.05) is 26.1 Å². The number of benzene rings is 1. The minimum absolute atomic E-state index is 0.0152. The third kappa shape index (κ3) is 2.84. The van der Waals surface area contributed by atoms with Crippen molar-refractivity contribution in [2.24, 2.45) is 5.92 Å². The summed E-state index contributed by atoms with van der Waals surface area (Å²) in [6.45, 7) is 0.973. The monoisotopic (exact) mass is 324 g/mol. The maximum Gasteiger partial charge on any atom is 0.228 e. The molecule has 24 heavy (non-hydrogen) atoms. The third-order valence-electron chi connectivity index (χ3n) is 4.77. The van der Waals surface area contributed by atoms with Crippen molar-refractivity contribution in [3.05, 3.63) is 36.2 Å². The predicted molar refractivity (Wildman–Crippen MR) is 88.9 cm³/mol. The second-order valence-corrected chi connectivity index (χ2v) is 6.72. The fourth-order valence-electron chi connectivity index (χ4n) is 3.34. The first-order valence-corrected chi connectivity index (χ1v) is 8.37. The summed E-state index contributed by atoms with van der Waals surface area (Å²) in [7, 11) is 1.77. The van der Waals surface area contributed by atoms with Crippen molar-refractivity contribution in [3.63, 3.8) is 0 Å². The molecule has 0 radical (unpaired) electrons. The molecule has 0 N–H and O–H groups in total. The van der Waals surface area contributed by atoms with Gasteiger partial charge in [0.1, 0.15) is 0 Å². The Morgan fingerprint density at radius 2 is 2.04 bits per heavy atom. The molecule has 2 aromatic rings. The number of hydrogen-bond acceptors (Lipinski definition) is 4. The standard InChI is InChI=1S/C18H20N4O2/c1-21(11-13-9-19-15-4-2-3-5-16(15)20-13)18(24)12-8-17(23)22(10-12)14-6-7-14/h2-5,9,12,14H,6-8,10-11H2,1H3/t12-/m0/s1. The van der Waals surface area contributed by atoms with Crippen LogP contribution in [0.5, 0.6) is 0 Å². The van der Waals surface area contributed by atoms with Crippen LogP contribution in [0.25, 0.3) is 11.0 Å². The smallest absolute Gasteiger partial charge is 0.228 e. The predicted octanol–water partition coefficient (Wildman–Crippen LogP) is 1.60. The van der Waals surface area contributed by atoms with Crippen LogP contribution in [-0.4, -0.2) is 51.2 Å². The van der Waals surface area contributed by atoms with Crippen LogP contribution in [0.15, 0.2) is 30.5 Å². The molecule has 6 nitrogen and oxygen atoms in total. The summed E-state index contributed by atoms with van der Waals surface area (Å²) in [5.74, 6) is -0.0901. The van der Waals surface area contributed by atoms with Gasteiger partial charge < -0.3 is 9.80 Å². The van der Waals surface area contributed by atoms with E-state index in [1.807, 2.05) is 29.2 Å². The first-order valence-electron chi connectivity index (χ1n) is 8.37. The second kappa shape index (κ2) is 5.85. The molecular weight excluding hydrogens is 304 g/mol. The molecule has 0 bridgehead atoms. The molecule has 2 aliphatic rings. The zero-order valence-electron chi connectivity index (χ0n) is 13.7. The maximum absolute atomic E-state index is 12.6. The molecule has 1 saturated carbocycles. The van der Waals surface area contributed by atoms with E-state index in [-0.39, 0.29) is 17.7 Å². The number of carbonyl (C=O) groups is 2. The fourth-order valence-corrected chi connectivity index (χ4v) is 3.34. The summed E-state index contributed by atoms with van der Waals surface area (Å²) in [5, 5.41) is 0. The van der Waals surface area contributed by atoms with Gasteiger partial charge in [-0.3, -0.25) is 14.6 Å². The summed E-state index contributed by atoms with van der Waals surface area (Å²) in [6.07, 6.45) is 4.20. The van der Waals surface area contributed by atoms with Crippen molar-refractivity contribution in [3.8, 4) is 0 Å². The van der Waals surface area contributed by atoms with E-state index >= 15 is 0 Å². The van der Waals surface area contributed by atoms with Crippen LogP contribution in [0.1, 0.15) is 25.0 Å². The van der Waals surface area contributed by atoms with E-state index in [0.717, 1.165) is 29.6 Å². The quantitative estimate of drug-likeness (QED) is 0.857. The largest absolute Gasteiger partial charge is 0.339 e. The molecule has 2 heterocycles. The fraction of sp³-hybridized carbons (Fsp3) is 0.444. The Hall–Kier alpha value is -2.50. The average Bonchev–Trinajstić information content (AvgIpc) is 3.36. The van der Waals surface area contributed by atoms with Gasteiger partial charge in [-0.05, 0) is 25.0 Å². The van der Waals surface area contributed by atoms with Crippen molar-refractivity contribution in [2.75, 3.05) is 13.6 Å². The van der Waals surface area contributed by atoms with Gasteiger partial charge in [-0.25, -0.2) is 4.98 Å². The van der Waals surface area contributed by atoms with Gasteiger partial charge in [-0.1, -0.05) is 12.1 Å². The molecule has 6 heteroatoms. The highest BCUT2D eigenvalue weighted by Gasteiger charge is 2.42. The number of amides is 2. The molecule has 1 aromatic heterocycles. The zero-order valence-corrected chi connectivity index (χ0v) is 13.7. The highest BCUT2D eigenvalue weighted by Crippen LogP contribution is 2.33. The van der Waals surface area contributed by atoms with Crippen LogP contribution < -0.4 is 0 Å². The Morgan fingerprint density at radius 3 is 2.79 bits per heavy atom. The van der Waals surface area contributed by atoms with Crippen LogP contribution in [-0.2, 0) is 16.1 Å². The Labute approximate surface area is 140 Å². The first-order chi connectivity index (χ1) is 11.6. The van der Waals surface area contributed by atoms with Gasteiger partial charge in [0.05, 0.1) is 35.4 Å². The summed E-state index contributed by atoms with van der Waals surface area (Å²) < 4.78 is 0. The van der Waals surface area contributed by atoms with Crippen molar-refractivity contribution < 1.29 is 9.59 Å². The number of rotatable bonds is 4. The lowest BCUT2D eigenvalue weighted by molar-refractivity contribution is -0.135. The third-order valence-corrected chi connectivity index (χ3v) is 4.77. The van der Waals surface area contributed by atoms with Crippen molar-refractivity contribution in [1.82, 2.24) is 19.8 Å². The summed E-state index contributed by atoms with van der Waals surface area (Å²) in [5.41, 5.74) is 2.43. The number of hydrogen-bond donors (Lipinski definition) is 0. The van der Waals surface area contributed by atoms with Crippen molar-refractivity contribution in [1.29, 1.82) is 0 Å². The lowest BCUT2D eigenvalue weighted by Crippen LogP contribution is -2.35. The van der Waals surface area contributed by atoms with Crippen LogP contribution in [0.2, 0.25) is 0 Å². The van der Waals surface area contributed by atoms with E-state index in [1.165, 1.54) is 0 Å². The molecule has 1 aliphatic carbocycles. The number of aromatic nitrogens is 2. The maximum atomic E-state index is 12.6. The number of likely N-dealkylation sites (tertiary alicyclic amines) is 1.